The normalized spacial score (nSPS) is 12.1. The lowest BCUT2D eigenvalue weighted by Crippen LogP contribution is -2.20. The monoisotopic (exact) mass is 563 g/mol. The van der Waals surface area contributed by atoms with Crippen molar-refractivity contribution in [2.75, 3.05) is 40.4 Å². The van der Waals surface area contributed by atoms with Crippen molar-refractivity contribution in [1.29, 1.82) is 0 Å². The van der Waals surface area contributed by atoms with Crippen LogP contribution in [0.25, 0.3) is 0 Å². The number of hydroxylamine groups is 1. The van der Waals surface area contributed by atoms with Crippen molar-refractivity contribution in [2.24, 2.45) is 0 Å². The maximum Gasteiger partial charge on any atom is 0.0694 e. The first-order valence-electron chi connectivity index (χ1n) is 16.9. The third-order valence-corrected chi connectivity index (χ3v) is 6.60. The number of nitrogens with zero attached hydrogens (tertiary/aromatic N) is 1. The van der Waals surface area contributed by atoms with Gasteiger partial charge >= 0.3 is 0 Å². The Morgan fingerprint density at radius 3 is 1.43 bits per heavy atom. The molecule has 0 radical (unpaired) electrons. The molecule has 40 heavy (non-hydrogen) atoms. The first-order chi connectivity index (χ1) is 19.7. The molecule has 0 aliphatic carbocycles. The fraction of sp³-hybridized carbons (Fsp3) is 0.778. The summed E-state index contributed by atoms with van der Waals surface area (Å²) in [7, 11) is 4.18. The van der Waals surface area contributed by atoms with E-state index in [-0.39, 0.29) is 0 Å². The number of unbranched alkanes of at least 4 members (excludes halogenated alkanes) is 15. The summed E-state index contributed by atoms with van der Waals surface area (Å²) in [5, 5.41) is 8.62. The SMILES string of the molecule is CCCCC/C=C/C=C/CCCCCCCO.CCCCC/C=C/C=C/CCCCCCNOCCCN(C)C. The fourth-order valence-electron chi connectivity index (χ4n) is 4.04. The average Bonchev–Trinajstić information content (AvgIpc) is 2.95. The van der Waals surface area contributed by atoms with Crippen molar-refractivity contribution in [3.63, 3.8) is 0 Å². The van der Waals surface area contributed by atoms with Gasteiger partial charge in [0.2, 0.25) is 0 Å². The molecule has 0 spiro atoms. The molecular weight excluding hydrogens is 492 g/mol. The predicted molar refractivity (Wildman–Crippen MR) is 180 cm³/mol. The minimum atomic E-state index is 0.350. The van der Waals surface area contributed by atoms with Gasteiger partial charge in [0.15, 0.2) is 0 Å². The lowest BCUT2D eigenvalue weighted by molar-refractivity contribution is 0.0360. The highest BCUT2D eigenvalue weighted by molar-refractivity contribution is 5.02. The smallest absolute Gasteiger partial charge is 0.0694 e. The molecule has 236 valence electrons. The number of hydrogen-bond donors (Lipinski definition) is 2. The van der Waals surface area contributed by atoms with Gasteiger partial charge in [-0.05, 0) is 91.3 Å². The van der Waals surface area contributed by atoms with E-state index in [1.807, 2.05) is 0 Å². The van der Waals surface area contributed by atoms with E-state index in [0.29, 0.717) is 6.61 Å². The van der Waals surface area contributed by atoms with Crippen molar-refractivity contribution in [3.8, 4) is 0 Å². The Morgan fingerprint density at radius 1 is 0.550 bits per heavy atom. The molecule has 0 aromatic rings. The summed E-state index contributed by atoms with van der Waals surface area (Å²) in [6.07, 6.45) is 42.9. The van der Waals surface area contributed by atoms with Gasteiger partial charge in [0.1, 0.15) is 0 Å². The number of aliphatic hydroxyl groups excluding tert-OH is 1. The molecule has 4 nitrogen and oxygen atoms in total. The van der Waals surface area contributed by atoms with E-state index in [1.165, 1.54) is 116 Å². The Hall–Kier alpha value is -1.20. The van der Waals surface area contributed by atoms with Crippen LogP contribution in [0.2, 0.25) is 0 Å². The zero-order valence-corrected chi connectivity index (χ0v) is 27.4. The second kappa shape index (κ2) is 39.9. The van der Waals surface area contributed by atoms with Gasteiger partial charge in [-0.2, -0.15) is 0 Å². The predicted octanol–water partition coefficient (Wildman–Crippen LogP) is 10.1. The van der Waals surface area contributed by atoms with E-state index >= 15 is 0 Å². The number of hydrogen-bond acceptors (Lipinski definition) is 4. The third kappa shape index (κ3) is 43.8. The standard InChI is InChI=1S/C20H40N2O.C16H30O/c1-4-5-6-7-8-9-10-11-12-13-14-15-16-18-21-23-20-17-19-22(2)3;1-2-3-4-5-6-7-8-9-10-11-12-13-14-15-16-17/h8-11,21H,4-7,12-20H2,1-3H3;6-9,17H,2-5,10-16H2,1H3/b9-8+,11-10+;7-6+,9-8+. The van der Waals surface area contributed by atoms with Crippen molar-refractivity contribution >= 4 is 0 Å². The minimum absolute atomic E-state index is 0.350. The second-order valence-corrected chi connectivity index (χ2v) is 11.1. The fourth-order valence-corrected chi connectivity index (χ4v) is 4.04. The van der Waals surface area contributed by atoms with Crippen LogP contribution in [-0.4, -0.2) is 50.4 Å². The molecule has 0 atom stereocenters. The Labute approximate surface area is 251 Å². The van der Waals surface area contributed by atoms with Gasteiger partial charge in [-0.1, -0.05) is 120 Å². The molecular formula is C36H70N2O2. The van der Waals surface area contributed by atoms with Crippen molar-refractivity contribution in [1.82, 2.24) is 10.4 Å². The molecule has 0 bridgehead atoms. The van der Waals surface area contributed by atoms with E-state index in [2.05, 4.69) is 86.9 Å². The topological polar surface area (TPSA) is 44.7 Å². The van der Waals surface area contributed by atoms with E-state index < -0.39 is 0 Å². The maximum atomic E-state index is 8.62. The Kier molecular flexibility index (Phi) is 40.9. The van der Waals surface area contributed by atoms with Gasteiger partial charge in [-0.25, -0.2) is 5.48 Å². The van der Waals surface area contributed by atoms with Crippen LogP contribution in [0.5, 0.6) is 0 Å². The maximum absolute atomic E-state index is 8.62. The van der Waals surface area contributed by atoms with E-state index in [4.69, 9.17) is 9.94 Å². The Morgan fingerprint density at radius 2 is 0.975 bits per heavy atom. The van der Waals surface area contributed by atoms with Crippen LogP contribution in [0.15, 0.2) is 48.6 Å². The molecule has 0 heterocycles. The quantitative estimate of drug-likeness (QED) is 0.0541. The molecule has 0 aromatic carbocycles. The molecule has 0 unspecified atom stereocenters. The molecule has 0 aliphatic rings. The summed E-state index contributed by atoms with van der Waals surface area (Å²) in [5.74, 6) is 0. The van der Waals surface area contributed by atoms with Crippen LogP contribution >= 0.6 is 0 Å². The third-order valence-electron chi connectivity index (χ3n) is 6.60. The number of rotatable bonds is 29. The molecule has 0 fully saturated rings. The second-order valence-electron chi connectivity index (χ2n) is 11.1. The summed E-state index contributed by atoms with van der Waals surface area (Å²) >= 11 is 0. The van der Waals surface area contributed by atoms with E-state index in [1.54, 1.807) is 0 Å². The van der Waals surface area contributed by atoms with Crippen LogP contribution in [-0.2, 0) is 4.84 Å². The van der Waals surface area contributed by atoms with Gasteiger partial charge in [0.25, 0.3) is 0 Å². The van der Waals surface area contributed by atoms with Gasteiger partial charge in [0.05, 0.1) is 6.61 Å². The zero-order chi connectivity index (χ0) is 29.6. The summed E-state index contributed by atoms with van der Waals surface area (Å²) in [4.78, 5) is 7.58. The van der Waals surface area contributed by atoms with Crippen LogP contribution in [0.4, 0.5) is 0 Å². The number of aliphatic hydroxyl groups is 1. The summed E-state index contributed by atoms with van der Waals surface area (Å²) in [5.41, 5.74) is 3.06. The Bertz CT molecular complexity index is 555. The Balaban J connectivity index is 0. The molecule has 0 saturated carbocycles. The molecule has 0 aromatic heterocycles. The first-order valence-corrected chi connectivity index (χ1v) is 16.9. The molecule has 0 rings (SSSR count). The van der Waals surface area contributed by atoms with Crippen molar-refractivity contribution in [2.45, 2.75) is 142 Å². The average molecular weight is 563 g/mol. The highest BCUT2D eigenvalue weighted by atomic mass is 16.6. The molecule has 4 heteroatoms. The first kappa shape index (κ1) is 40.9. The summed E-state index contributed by atoms with van der Waals surface area (Å²) < 4.78 is 0. The van der Waals surface area contributed by atoms with Crippen LogP contribution in [0, 0.1) is 0 Å². The van der Waals surface area contributed by atoms with Gasteiger partial charge in [-0.15, -0.1) is 0 Å². The van der Waals surface area contributed by atoms with E-state index in [0.717, 1.165) is 32.5 Å². The molecule has 0 amide bonds. The van der Waals surface area contributed by atoms with Crippen LogP contribution < -0.4 is 5.48 Å². The summed E-state index contributed by atoms with van der Waals surface area (Å²) in [6, 6.07) is 0. The van der Waals surface area contributed by atoms with Gasteiger partial charge in [0, 0.05) is 13.2 Å². The highest BCUT2D eigenvalue weighted by Gasteiger charge is 1.93. The lowest BCUT2D eigenvalue weighted by atomic mass is 10.1. The minimum Gasteiger partial charge on any atom is -0.396 e. The lowest BCUT2D eigenvalue weighted by Gasteiger charge is -2.09. The highest BCUT2D eigenvalue weighted by Crippen LogP contribution is 2.06. The van der Waals surface area contributed by atoms with Crippen molar-refractivity contribution < 1.29 is 9.94 Å². The van der Waals surface area contributed by atoms with Gasteiger partial charge in [-0.3, -0.25) is 0 Å². The zero-order valence-electron chi connectivity index (χ0n) is 27.4. The number of nitrogens with one attached hydrogen (secondary N) is 1. The largest absolute Gasteiger partial charge is 0.396 e. The van der Waals surface area contributed by atoms with Gasteiger partial charge < -0.3 is 14.8 Å². The molecule has 0 aliphatic heterocycles. The van der Waals surface area contributed by atoms with Crippen molar-refractivity contribution in [3.05, 3.63) is 48.6 Å². The number of allylic oxidation sites excluding steroid dienone is 8. The molecule has 2 N–H and O–H groups in total. The van der Waals surface area contributed by atoms with E-state index in [9.17, 15) is 0 Å². The summed E-state index contributed by atoms with van der Waals surface area (Å²) in [6.45, 7) is 7.70. The van der Waals surface area contributed by atoms with Crippen LogP contribution in [0.1, 0.15) is 142 Å². The molecule has 0 saturated heterocycles. The van der Waals surface area contributed by atoms with Crippen LogP contribution in [0.3, 0.4) is 0 Å².